The Morgan fingerprint density at radius 3 is 2.31 bits per heavy atom. The van der Waals surface area contributed by atoms with E-state index < -0.39 is 48.6 Å². The number of amides is 3. The molecule has 3 amide bonds. The van der Waals surface area contributed by atoms with Crippen molar-refractivity contribution in [3.8, 4) is 16.9 Å². The largest absolute Gasteiger partial charge is 0.496 e. The lowest BCUT2D eigenvalue weighted by atomic mass is 9.94. The number of rotatable bonds is 16. The van der Waals surface area contributed by atoms with Crippen molar-refractivity contribution in [2.24, 2.45) is 17.6 Å². The number of benzene rings is 2. The molecule has 1 heterocycles. The second-order valence-electron chi connectivity index (χ2n) is 14.1. The Hall–Kier alpha value is -5.80. The molecule has 1 fully saturated rings. The van der Waals surface area contributed by atoms with Crippen LogP contribution in [0.25, 0.3) is 17.2 Å². The van der Waals surface area contributed by atoms with Gasteiger partial charge in [0, 0.05) is 40.0 Å². The van der Waals surface area contributed by atoms with Crippen molar-refractivity contribution in [1.29, 1.82) is 5.41 Å². The monoisotopic (exact) mass is 744 g/mol. The van der Waals surface area contributed by atoms with Crippen LogP contribution in [-0.2, 0) is 14.2 Å². The molecule has 1 aromatic heterocycles. The van der Waals surface area contributed by atoms with E-state index >= 15 is 0 Å². The van der Waals surface area contributed by atoms with Crippen molar-refractivity contribution in [2.75, 3.05) is 25.8 Å². The number of nitrogens with two attached hydrogens (primary N) is 1. The Balaban J connectivity index is 1.68. The highest BCUT2D eigenvalue weighted by Gasteiger charge is 2.30. The molecular formula is C39H48N6O9. The van der Waals surface area contributed by atoms with Gasteiger partial charge in [-0.25, -0.2) is 14.6 Å². The van der Waals surface area contributed by atoms with E-state index in [0.717, 1.165) is 12.8 Å². The van der Waals surface area contributed by atoms with Crippen LogP contribution in [0.4, 0.5) is 10.5 Å². The van der Waals surface area contributed by atoms with E-state index in [1.807, 2.05) is 0 Å². The molecule has 7 N–H and O–H groups in total. The second-order valence-corrected chi connectivity index (χ2v) is 14.1. The minimum Gasteiger partial charge on any atom is -0.496 e. The molecule has 0 aliphatic heterocycles. The van der Waals surface area contributed by atoms with E-state index in [1.165, 1.54) is 31.4 Å². The van der Waals surface area contributed by atoms with Crippen molar-refractivity contribution in [1.82, 2.24) is 15.6 Å². The van der Waals surface area contributed by atoms with E-state index in [-0.39, 0.29) is 39.8 Å². The molecule has 1 unspecified atom stereocenters. The fraction of sp³-hybridized carbons (Fsp3) is 0.385. The zero-order valence-electron chi connectivity index (χ0n) is 31.3. The normalized spacial score (nSPS) is 13.6. The predicted molar refractivity (Wildman–Crippen MR) is 202 cm³/mol. The van der Waals surface area contributed by atoms with Crippen LogP contribution in [0.3, 0.4) is 0 Å². The number of hydrogen-bond acceptors (Lipinski definition) is 11. The average molecular weight is 745 g/mol. The maximum absolute atomic E-state index is 13.9. The molecule has 0 saturated heterocycles. The number of pyridine rings is 1. The van der Waals surface area contributed by atoms with Crippen molar-refractivity contribution in [3.05, 3.63) is 83.2 Å². The van der Waals surface area contributed by atoms with Crippen molar-refractivity contribution in [2.45, 2.75) is 65.4 Å². The number of aliphatic hydroxyl groups excluding tert-OH is 1. The van der Waals surface area contributed by atoms with Gasteiger partial charge in [0.25, 0.3) is 11.8 Å². The van der Waals surface area contributed by atoms with Crippen molar-refractivity contribution < 1.29 is 43.2 Å². The quantitative estimate of drug-likeness (QED) is 0.0491. The number of nitrogen functional groups attached to an aromatic ring is 1. The van der Waals surface area contributed by atoms with Crippen LogP contribution in [-0.4, -0.2) is 78.2 Å². The number of hydrogen-bond donors (Lipinski definition) is 6. The van der Waals surface area contributed by atoms with Gasteiger partial charge in [-0.2, -0.15) is 0 Å². The molecule has 1 aliphatic carbocycles. The standard InChI is InChI=1S/C39H48N6O9/c1-8-23-17-28(34(46)43-25-13-11-24(12-14-25)33(40)41)27(18-30(23)51-7)26-15-16-29(35(47)42-19-22-9-10-22)44-32(26)37(49)53-20-52-36(48)31(21(2)3)45-38(50)54-39(4,5)6/h8,11-18,21-22,31,36,48H,1,9-10,19-20H2,2-7H3,(H3,40,41)(H,42,47)(H,43,46)(H,45,50)/t31-,36?/m0/s1. The Kier molecular flexibility index (Phi) is 13.5. The lowest BCUT2D eigenvalue weighted by Gasteiger charge is -2.28. The van der Waals surface area contributed by atoms with Crippen LogP contribution in [0.1, 0.15) is 89.9 Å². The minimum atomic E-state index is -1.60. The highest BCUT2D eigenvalue weighted by molar-refractivity contribution is 6.11. The van der Waals surface area contributed by atoms with Gasteiger partial charge < -0.3 is 45.7 Å². The lowest BCUT2D eigenvalue weighted by Crippen LogP contribution is -2.49. The molecule has 54 heavy (non-hydrogen) atoms. The molecule has 1 saturated carbocycles. The first-order chi connectivity index (χ1) is 25.5. The fourth-order valence-electron chi connectivity index (χ4n) is 5.22. The number of alkyl carbamates (subject to hydrolysis) is 1. The molecule has 2 aromatic carbocycles. The van der Waals surface area contributed by atoms with E-state index in [2.05, 4.69) is 27.5 Å². The summed E-state index contributed by atoms with van der Waals surface area (Å²) >= 11 is 0. The second kappa shape index (κ2) is 17.8. The zero-order valence-corrected chi connectivity index (χ0v) is 31.3. The van der Waals surface area contributed by atoms with Gasteiger partial charge in [0.05, 0.1) is 13.2 Å². The number of nitrogens with one attached hydrogen (secondary N) is 4. The smallest absolute Gasteiger partial charge is 0.408 e. The molecule has 15 heteroatoms. The molecule has 0 spiro atoms. The van der Waals surface area contributed by atoms with Gasteiger partial charge in [0.15, 0.2) is 18.8 Å². The van der Waals surface area contributed by atoms with Crippen LogP contribution in [0.2, 0.25) is 0 Å². The van der Waals surface area contributed by atoms with Gasteiger partial charge in [-0.1, -0.05) is 26.5 Å². The predicted octanol–water partition coefficient (Wildman–Crippen LogP) is 5.07. The maximum atomic E-state index is 13.9. The number of esters is 1. The molecular weight excluding hydrogens is 696 g/mol. The third-order valence-corrected chi connectivity index (χ3v) is 8.29. The number of aliphatic hydroxyl groups is 1. The fourth-order valence-corrected chi connectivity index (χ4v) is 5.22. The topological polar surface area (TPSA) is 224 Å². The molecule has 288 valence electrons. The average Bonchev–Trinajstić information content (AvgIpc) is 3.96. The van der Waals surface area contributed by atoms with E-state index in [0.29, 0.717) is 35.0 Å². The molecule has 4 rings (SSSR count). The Morgan fingerprint density at radius 1 is 1.06 bits per heavy atom. The number of carbonyl (C=O) groups is 4. The van der Waals surface area contributed by atoms with Gasteiger partial charge in [-0.3, -0.25) is 15.0 Å². The third kappa shape index (κ3) is 11.1. The SMILES string of the molecule is C=Cc1cc(C(=O)Nc2ccc(C(=N)N)cc2)c(-c2ccc(C(=O)NCC3CC3)nc2C(=O)OCOC(O)[C@@H](NC(=O)OC(C)(C)C)C(C)C)cc1OC. The van der Waals surface area contributed by atoms with Gasteiger partial charge in [0.2, 0.25) is 0 Å². The van der Waals surface area contributed by atoms with Crippen LogP contribution in [0, 0.1) is 17.2 Å². The zero-order chi connectivity index (χ0) is 39.7. The van der Waals surface area contributed by atoms with Crippen LogP contribution in [0.5, 0.6) is 5.75 Å². The van der Waals surface area contributed by atoms with Crippen molar-refractivity contribution >= 4 is 41.5 Å². The van der Waals surface area contributed by atoms with Crippen molar-refractivity contribution in [3.63, 3.8) is 0 Å². The number of carbonyl (C=O) groups excluding carboxylic acids is 4. The third-order valence-electron chi connectivity index (χ3n) is 8.29. The summed E-state index contributed by atoms with van der Waals surface area (Å²) in [4.78, 5) is 57.6. The van der Waals surface area contributed by atoms with E-state index in [4.69, 9.17) is 30.1 Å². The first kappa shape index (κ1) is 41.0. The van der Waals surface area contributed by atoms with Crippen LogP contribution < -0.4 is 26.4 Å². The van der Waals surface area contributed by atoms with Gasteiger partial charge in [-0.05, 0) is 94.0 Å². The van der Waals surface area contributed by atoms with Gasteiger partial charge in [-0.15, -0.1) is 0 Å². The first-order valence-corrected chi connectivity index (χ1v) is 17.4. The highest BCUT2D eigenvalue weighted by atomic mass is 16.7. The Morgan fingerprint density at radius 2 is 1.74 bits per heavy atom. The molecule has 0 bridgehead atoms. The Labute approximate surface area is 314 Å². The summed E-state index contributed by atoms with van der Waals surface area (Å²) in [5.41, 5.74) is 6.19. The van der Waals surface area contributed by atoms with Crippen LogP contribution in [0.15, 0.2) is 55.1 Å². The number of nitrogens with zero attached hydrogens (tertiary/aromatic N) is 1. The number of methoxy groups -OCH3 is 1. The molecule has 3 aromatic rings. The number of ether oxygens (including phenoxy) is 4. The number of anilines is 1. The molecule has 2 atom stereocenters. The molecule has 0 radical (unpaired) electrons. The molecule has 15 nitrogen and oxygen atoms in total. The number of aromatic nitrogens is 1. The highest BCUT2D eigenvalue weighted by Crippen LogP contribution is 2.35. The van der Waals surface area contributed by atoms with Gasteiger partial charge >= 0.3 is 12.1 Å². The van der Waals surface area contributed by atoms with Gasteiger partial charge in [0.1, 0.15) is 22.9 Å². The van der Waals surface area contributed by atoms with Crippen LogP contribution >= 0.6 is 0 Å². The molecule has 1 aliphatic rings. The first-order valence-electron chi connectivity index (χ1n) is 17.4. The number of amidine groups is 1. The Bertz CT molecular complexity index is 1880. The van der Waals surface area contributed by atoms with E-state index in [1.54, 1.807) is 65.0 Å². The summed E-state index contributed by atoms with van der Waals surface area (Å²) in [5, 5.41) is 26.7. The maximum Gasteiger partial charge on any atom is 0.408 e. The summed E-state index contributed by atoms with van der Waals surface area (Å²) < 4.78 is 21.7. The summed E-state index contributed by atoms with van der Waals surface area (Å²) in [5.74, 6) is -1.84. The summed E-state index contributed by atoms with van der Waals surface area (Å²) in [6.07, 6.45) is 1.15. The summed E-state index contributed by atoms with van der Waals surface area (Å²) in [6.45, 7) is 12.1. The van der Waals surface area contributed by atoms with E-state index in [9.17, 15) is 24.3 Å². The lowest BCUT2D eigenvalue weighted by molar-refractivity contribution is -0.172. The minimum absolute atomic E-state index is 0.0695. The summed E-state index contributed by atoms with van der Waals surface area (Å²) in [7, 11) is 1.44. The summed E-state index contributed by atoms with van der Waals surface area (Å²) in [6, 6.07) is 11.4.